The van der Waals surface area contributed by atoms with Gasteiger partial charge in [0.2, 0.25) is 0 Å². The number of nitrogens with zero attached hydrogens (tertiary/aromatic N) is 4. The highest BCUT2D eigenvalue weighted by molar-refractivity contribution is 6.04. The Labute approximate surface area is 146 Å². The Hall–Kier alpha value is -2.12. The second kappa shape index (κ2) is 7.01. The Morgan fingerprint density at radius 2 is 1.84 bits per heavy atom. The van der Waals surface area contributed by atoms with Gasteiger partial charge in [0, 0.05) is 38.8 Å². The van der Waals surface area contributed by atoms with E-state index in [1.165, 1.54) is 12.1 Å². The van der Waals surface area contributed by atoms with Gasteiger partial charge in [-0.05, 0) is 26.8 Å². The summed E-state index contributed by atoms with van der Waals surface area (Å²) in [4.78, 5) is 25.6. The highest BCUT2D eigenvalue weighted by atomic mass is 19.1. The normalized spacial score (nSPS) is 17.1. The summed E-state index contributed by atoms with van der Waals surface area (Å²) in [6.45, 7) is 8.45. The maximum Gasteiger partial charge on any atom is 0.256 e. The van der Waals surface area contributed by atoms with E-state index in [4.69, 9.17) is 0 Å². The monoisotopic (exact) mass is 346 g/mol. The van der Waals surface area contributed by atoms with Crippen molar-refractivity contribution in [3.63, 3.8) is 0 Å². The number of aliphatic hydroxyl groups is 1. The average Bonchev–Trinajstić information content (AvgIpc) is 2.55. The number of hydrogen-bond acceptors (Lipinski definition) is 5. The van der Waals surface area contributed by atoms with E-state index in [0.717, 1.165) is 11.4 Å². The molecule has 25 heavy (non-hydrogen) atoms. The van der Waals surface area contributed by atoms with Gasteiger partial charge in [-0.25, -0.2) is 14.4 Å². The fraction of sp³-hybridized carbons (Fsp3) is 0.500. The molecular weight excluding hydrogens is 323 g/mol. The van der Waals surface area contributed by atoms with Crippen LogP contribution in [0.2, 0.25) is 0 Å². The minimum Gasteiger partial charge on any atom is -0.392 e. The third kappa shape index (κ3) is 3.77. The lowest BCUT2D eigenvalue weighted by Crippen LogP contribution is -2.50. The van der Waals surface area contributed by atoms with Crippen molar-refractivity contribution in [2.45, 2.75) is 26.9 Å². The molecule has 6 nitrogen and oxygen atoms in total. The third-order valence-electron chi connectivity index (χ3n) is 4.56. The average molecular weight is 346 g/mol. The summed E-state index contributed by atoms with van der Waals surface area (Å²) in [6, 6.07) is 2.56. The number of halogens is 1. The molecule has 134 valence electrons. The Bertz CT molecular complexity index is 801. The molecule has 1 amide bonds. The van der Waals surface area contributed by atoms with Gasteiger partial charge in [-0.1, -0.05) is 0 Å². The molecule has 0 saturated carbocycles. The Morgan fingerprint density at radius 3 is 2.48 bits per heavy atom. The molecule has 0 radical (unpaired) electrons. The molecule has 1 aromatic carbocycles. The summed E-state index contributed by atoms with van der Waals surface area (Å²) in [5, 5.41) is 9.48. The van der Waals surface area contributed by atoms with E-state index in [-0.39, 0.29) is 11.5 Å². The zero-order valence-electron chi connectivity index (χ0n) is 14.8. The topological polar surface area (TPSA) is 69.6 Å². The molecule has 2 aromatic rings. The highest BCUT2D eigenvalue weighted by Crippen LogP contribution is 2.21. The van der Waals surface area contributed by atoms with Gasteiger partial charge in [0.05, 0.1) is 28.6 Å². The van der Waals surface area contributed by atoms with Crippen molar-refractivity contribution in [2.24, 2.45) is 0 Å². The van der Waals surface area contributed by atoms with Crippen LogP contribution in [0.1, 0.15) is 28.7 Å². The van der Waals surface area contributed by atoms with Crippen LogP contribution in [0.4, 0.5) is 4.39 Å². The highest BCUT2D eigenvalue weighted by Gasteiger charge is 2.25. The van der Waals surface area contributed by atoms with Gasteiger partial charge in [-0.3, -0.25) is 9.69 Å². The van der Waals surface area contributed by atoms with E-state index < -0.39 is 11.9 Å². The summed E-state index contributed by atoms with van der Waals surface area (Å²) in [5.74, 6) is -0.708. The van der Waals surface area contributed by atoms with Crippen molar-refractivity contribution in [3.8, 4) is 0 Å². The fourth-order valence-corrected chi connectivity index (χ4v) is 3.14. The largest absolute Gasteiger partial charge is 0.392 e. The zero-order chi connectivity index (χ0) is 18.1. The predicted molar refractivity (Wildman–Crippen MR) is 93.0 cm³/mol. The van der Waals surface area contributed by atoms with Crippen LogP contribution in [0.15, 0.2) is 12.1 Å². The van der Waals surface area contributed by atoms with Crippen LogP contribution in [0.25, 0.3) is 11.0 Å². The SMILES string of the molecule is Cc1nc2cc(F)cc(C(=O)N3CCN(C[C@@H](C)O)CC3)c2nc1C. The molecule has 1 aromatic heterocycles. The van der Waals surface area contributed by atoms with Crippen molar-refractivity contribution in [3.05, 3.63) is 34.9 Å². The minimum atomic E-state index is -0.485. The number of aromatic nitrogens is 2. The van der Waals surface area contributed by atoms with Crippen LogP contribution in [-0.2, 0) is 0 Å². The molecule has 1 fully saturated rings. The lowest BCUT2D eigenvalue weighted by Gasteiger charge is -2.35. The van der Waals surface area contributed by atoms with E-state index in [1.807, 2.05) is 13.8 Å². The summed E-state index contributed by atoms with van der Waals surface area (Å²) in [5.41, 5.74) is 2.56. The number of piperazine rings is 1. The smallest absolute Gasteiger partial charge is 0.256 e. The van der Waals surface area contributed by atoms with Crippen LogP contribution >= 0.6 is 0 Å². The second-order valence-corrected chi connectivity index (χ2v) is 6.66. The molecule has 0 bridgehead atoms. The van der Waals surface area contributed by atoms with Gasteiger partial charge in [0.15, 0.2) is 0 Å². The molecule has 0 spiro atoms. The molecule has 0 unspecified atom stereocenters. The maximum absolute atomic E-state index is 14.0. The Morgan fingerprint density at radius 1 is 1.20 bits per heavy atom. The number of aliphatic hydroxyl groups excluding tert-OH is 1. The van der Waals surface area contributed by atoms with Crippen LogP contribution in [-0.4, -0.2) is 69.6 Å². The van der Waals surface area contributed by atoms with E-state index in [2.05, 4.69) is 14.9 Å². The van der Waals surface area contributed by atoms with Crippen LogP contribution < -0.4 is 0 Å². The van der Waals surface area contributed by atoms with Crippen molar-refractivity contribution in [1.82, 2.24) is 19.8 Å². The van der Waals surface area contributed by atoms with Gasteiger partial charge in [0.1, 0.15) is 11.3 Å². The Balaban J connectivity index is 1.86. The molecule has 3 rings (SSSR count). The van der Waals surface area contributed by atoms with Crippen molar-refractivity contribution in [2.75, 3.05) is 32.7 Å². The third-order valence-corrected chi connectivity index (χ3v) is 4.56. The number of fused-ring (bicyclic) bond motifs is 1. The number of β-amino-alcohol motifs (C(OH)–C–C–N with tert-alkyl or cyclic N) is 1. The number of hydrogen-bond donors (Lipinski definition) is 1. The second-order valence-electron chi connectivity index (χ2n) is 6.66. The number of aryl methyl sites for hydroxylation is 2. The van der Waals surface area contributed by atoms with Gasteiger partial charge < -0.3 is 10.0 Å². The van der Waals surface area contributed by atoms with Crippen LogP contribution in [0.3, 0.4) is 0 Å². The number of benzene rings is 1. The summed E-state index contributed by atoms with van der Waals surface area (Å²) in [6.07, 6.45) is -0.393. The Kier molecular flexibility index (Phi) is 4.96. The molecule has 0 aliphatic carbocycles. The number of carbonyl (C=O) groups excluding carboxylic acids is 1. The van der Waals surface area contributed by atoms with Crippen molar-refractivity contribution >= 4 is 16.9 Å². The van der Waals surface area contributed by atoms with Gasteiger partial charge >= 0.3 is 0 Å². The van der Waals surface area contributed by atoms with Gasteiger partial charge in [0.25, 0.3) is 5.91 Å². The molecule has 2 heterocycles. The van der Waals surface area contributed by atoms with Crippen molar-refractivity contribution < 1.29 is 14.3 Å². The first kappa shape index (κ1) is 17.7. The van der Waals surface area contributed by atoms with E-state index in [1.54, 1.807) is 11.8 Å². The number of carbonyl (C=O) groups is 1. The lowest BCUT2D eigenvalue weighted by atomic mass is 10.1. The van der Waals surface area contributed by atoms with E-state index >= 15 is 0 Å². The first-order valence-electron chi connectivity index (χ1n) is 8.49. The number of amides is 1. The first-order chi connectivity index (χ1) is 11.8. The van der Waals surface area contributed by atoms with Gasteiger partial charge in [-0.2, -0.15) is 0 Å². The summed E-state index contributed by atoms with van der Waals surface area (Å²) < 4.78 is 14.0. The molecule has 1 atom stereocenters. The molecule has 1 N–H and O–H groups in total. The first-order valence-corrected chi connectivity index (χ1v) is 8.49. The maximum atomic E-state index is 14.0. The van der Waals surface area contributed by atoms with E-state index in [0.29, 0.717) is 43.8 Å². The summed E-state index contributed by atoms with van der Waals surface area (Å²) >= 11 is 0. The fourth-order valence-electron chi connectivity index (χ4n) is 3.14. The lowest BCUT2D eigenvalue weighted by molar-refractivity contribution is 0.0555. The quantitative estimate of drug-likeness (QED) is 0.913. The standard InChI is InChI=1S/C18H23FN4O2/c1-11(24)10-22-4-6-23(7-5-22)18(25)15-8-14(19)9-16-17(15)21-13(3)12(2)20-16/h8-9,11,24H,4-7,10H2,1-3H3/t11-/m1/s1. The minimum absolute atomic E-state index is 0.223. The molecule has 1 saturated heterocycles. The predicted octanol–water partition coefficient (Wildman–Crippen LogP) is 1.52. The molecule has 1 aliphatic heterocycles. The summed E-state index contributed by atoms with van der Waals surface area (Å²) in [7, 11) is 0. The van der Waals surface area contributed by atoms with Crippen LogP contribution in [0.5, 0.6) is 0 Å². The molecule has 1 aliphatic rings. The van der Waals surface area contributed by atoms with Crippen molar-refractivity contribution in [1.29, 1.82) is 0 Å². The molecular formula is C18H23FN4O2. The van der Waals surface area contributed by atoms with Crippen LogP contribution in [0, 0.1) is 19.7 Å². The molecule has 7 heteroatoms. The van der Waals surface area contributed by atoms with Gasteiger partial charge in [-0.15, -0.1) is 0 Å². The van der Waals surface area contributed by atoms with E-state index in [9.17, 15) is 14.3 Å². The zero-order valence-corrected chi connectivity index (χ0v) is 14.8. The number of rotatable bonds is 3.